The lowest BCUT2D eigenvalue weighted by molar-refractivity contribution is -0.113. The Labute approximate surface area is 99.4 Å². The number of nitrogens with zero attached hydrogens (tertiary/aromatic N) is 2. The summed E-state index contributed by atoms with van der Waals surface area (Å²) in [4.78, 5) is 11.1. The van der Waals surface area contributed by atoms with Gasteiger partial charge < -0.3 is 9.84 Å². The van der Waals surface area contributed by atoms with Crippen LogP contribution >= 0.6 is 0 Å². The van der Waals surface area contributed by atoms with Crippen molar-refractivity contribution in [3.63, 3.8) is 0 Å². The Morgan fingerprint density at radius 2 is 1.82 bits per heavy atom. The van der Waals surface area contributed by atoms with E-state index in [1.165, 1.54) is 13.8 Å². The van der Waals surface area contributed by atoms with Gasteiger partial charge >= 0.3 is 0 Å². The van der Waals surface area contributed by atoms with Crippen LogP contribution in [0.25, 0.3) is 0 Å². The molecule has 0 aromatic heterocycles. The Hall–Kier alpha value is -2.17. The van der Waals surface area contributed by atoms with E-state index >= 15 is 0 Å². The van der Waals surface area contributed by atoms with Gasteiger partial charge in [0.05, 0.1) is 12.8 Å². The summed E-state index contributed by atoms with van der Waals surface area (Å²) < 4.78 is 5.00. The predicted molar refractivity (Wildman–Crippen MR) is 63.5 cm³/mol. The molecule has 0 saturated carbocycles. The van der Waals surface area contributed by atoms with Crippen LogP contribution in [0.2, 0.25) is 0 Å². The molecule has 0 aliphatic rings. The maximum atomic E-state index is 11.1. The highest BCUT2D eigenvalue weighted by Crippen LogP contribution is 2.19. The molecule has 0 unspecified atom stereocenters. The molecular formula is C12H14N2O3. The van der Waals surface area contributed by atoms with E-state index in [2.05, 4.69) is 10.2 Å². The first kappa shape index (κ1) is 12.9. The number of ketones is 1. The SMILES string of the molecule is COc1ccc(N=N/C(C(C)=O)=C(\C)O)cc1. The standard InChI is InChI=1S/C12H14N2O3/c1-8(15)12(9(2)16)14-13-10-4-6-11(17-3)7-5-10/h4-7,15H,1-3H3/b12-8+,14-13?. The van der Waals surface area contributed by atoms with Crippen molar-refractivity contribution in [2.45, 2.75) is 13.8 Å². The van der Waals surface area contributed by atoms with Gasteiger partial charge in [-0.3, -0.25) is 4.79 Å². The second-order valence-corrected chi connectivity index (χ2v) is 3.39. The first-order chi connectivity index (χ1) is 8.04. The number of rotatable bonds is 4. The number of Topliss-reactive ketones (excluding diaryl/α,β-unsaturated/α-hetero) is 1. The van der Waals surface area contributed by atoms with Crippen LogP contribution in [0.5, 0.6) is 5.75 Å². The smallest absolute Gasteiger partial charge is 0.183 e. The second kappa shape index (κ2) is 5.79. The van der Waals surface area contributed by atoms with Crippen LogP contribution in [0.15, 0.2) is 46.0 Å². The van der Waals surface area contributed by atoms with Gasteiger partial charge in [0.1, 0.15) is 11.5 Å². The molecule has 1 rings (SSSR count). The summed E-state index contributed by atoms with van der Waals surface area (Å²) in [6, 6.07) is 6.87. The number of azo groups is 1. The summed E-state index contributed by atoms with van der Waals surface area (Å²) >= 11 is 0. The molecule has 0 saturated heterocycles. The van der Waals surface area contributed by atoms with Crippen molar-refractivity contribution < 1.29 is 14.6 Å². The third-order valence-electron chi connectivity index (χ3n) is 2.01. The van der Waals surface area contributed by atoms with Crippen molar-refractivity contribution in [2.75, 3.05) is 7.11 Å². The molecule has 0 heterocycles. The molecule has 0 bridgehead atoms. The number of carbonyl (C=O) groups excluding carboxylic acids is 1. The van der Waals surface area contributed by atoms with E-state index in [1.54, 1.807) is 31.4 Å². The number of methoxy groups -OCH3 is 1. The van der Waals surface area contributed by atoms with Gasteiger partial charge in [-0.2, -0.15) is 5.11 Å². The molecule has 0 amide bonds. The summed E-state index contributed by atoms with van der Waals surface area (Å²) in [6.07, 6.45) is 0. The molecule has 5 nitrogen and oxygen atoms in total. The summed E-state index contributed by atoms with van der Waals surface area (Å²) in [7, 11) is 1.57. The van der Waals surface area contributed by atoms with Gasteiger partial charge in [0.2, 0.25) is 0 Å². The van der Waals surface area contributed by atoms with E-state index in [9.17, 15) is 9.90 Å². The molecule has 5 heteroatoms. The van der Waals surface area contributed by atoms with E-state index in [0.29, 0.717) is 11.4 Å². The van der Waals surface area contributed by atoms with Crippen molar-refractivity contribution in [1.82, 2.24) is 0 Å². The molecule has 1 aromatic rings. The molecule has 0 spiro atoms. The van der Waals surface area contributed by atoms with Crippen molar-refractivity contribution in [1.29, 1.82) is 0 Å². The lowest BCUT2D eigenvalue weighted by Crippen LogP contribution is -1.96. The average Bonchev–Trinajstić information content (AvgIpc) is 2.29. The quantitative estimate of drug-likeness (QED) is 0.494. The highest BCUT2D eigenvalue weighted by Gasteiger charge is 2.06. The van der Waals surface area contributed by atoms with Gasteiger partial charge in [-0.1, -0.05) is 0 Å². The molecule has 1 aromatic carbocycles. The second-order valence-electron chi connectivity index (χ2n) is 3.39. The van der Waals surface area contributed by atoms with Gasteiger partial charge in [-0.15, -0.1) is 5.11 Å². The largest absolute Gasteiger partial charge is 0.510 e. The first-order valence-corrected chi connectivity index (χ1v) is 5.01. The van der Waals surface area contributed by atoms with Crippen molar-refractivity contribution in [2.24, 2.45) is 10.2 Å². The number of hydrogen-bond acceptors (Lipinski definition) is 5. The molecule has 0 atom stereocenters. The molecule has 90 valence electrons. The van der Waals surface area contributed by atoms with Gasteiger partial charge in [-0.25, -0.2) is 0 Å². The third kappa shape index (κ3) is 3.71. The van der Waals surface area contributed by atoms with Crippen LogP contribution in [0, 0.1) is 0 Å². The summed E-state index contributed by atoms with van der Waals surface area (Å²) in [6.45, 7) is 2.71. The summed E-state index contributed by atoms with van der Waals surface area (Å²) in [5, 5.41) is 16.8. The van der Waals surface area contributed by atoms with Crippen LogP contribution in [0.1, 0.15) is 13.8 Å². The predicted octanol–water partition coefficient (Wildman–Crippen LogP) is 3.16. The van der Waals surface area contributed by atoms with Crippen LogP contribution in [0.3, 0.4) is 0 Å². The minimum Gasteiger partial charge on any atom is -0.510 e. The normalized spacial score (nSPS) is 12.4. The van der Waals surface area contributed by atoms with E-state index in [-0.39, 0.29) is 17.2 Å². The summed E-state index contributed by atoms with van der Waals surface area (Å²) in [5.41, 5.74) is 0.534. The zero-order chi connectivity index (χ0) is 12.8. The topological polar surface area (TPSA) is 71.2 Å². The Morgan fingerprint density at radius 3 is 2.24 bits per heavy atom. The molecule has 0 fully saturated rings. The van der Waals surface area contributed by atoms with Crippen molar-refractivity contribution in [3.05, 3.63) is 35.7 Å². The number of hydrogen-bond donors (Lipinski definition) is 1. The maximum Gasteiger partial charge on any atom is 0.183 e. The van der Waals surface area contributed by atoms with Crippen LogP contribution in [-0.4, -0.2) is 18.0 Å². The molecule has 0 aliphatic carbocycles. The van der Waals surface area contributed by atoms with Crippen LogP contribution < -0.4 is 4.74 Å². The highest BCUT2D eigenvalue weighted by atomic mass is 16.5. The minimum atomic E-state index is -0.331. The van der Waals surface area contributed by atoms with Crippen LogP contribution in [-0.2, 0) is 4.79 Å². The molecule has 0 radical (unpaired) electrons. The summed E-state index contributed by atoms with van der Waals surface area (Å²) in [5.74, 6) is 0.238. The molecule has 17 heavy (non-hydrogen) atoms. The number of benzene rings is 1. The van der Waals surface area contributed by atoms with Gasteiger partial charge in [0.15, 0.2) is 11.5 Å². The fourth-order valence-corrected chi connectivity index (χ4v) is 1.15. The lowest BCUT2D eigenvalue weighted by Gasteiger charge is -1.99. The number of aliphatic hydroxyl groups excluding tert-OH is 1. The van der Waals surface area contributed by atoms with E-state index in [1.807, 2.05) is 0 Å². The Morgan fingerprint density at radius 1 is 1.24 bits per heavy atom. The van der Waals surface area contributed by atoms with E-state index in [0.717, 1.165) is 0 Å². The van der Waals surface area contributed by atoms with Gasteiger partial charge in [-0.05, 0) is 31.2 Å². The molecule has 0 aliphatic heterocycles. The molecular weight excluding hydrogens is 220 g/mol. The maximum absolute atomic E-state index is 11.1. The van der Waals surface area contributed by atoms with E-state index < -0.39 is 0 Å². The zero-order valence-electron chi connectivity index (χ0n) is 9.97. The van der Waals surface area contributed by atoms with E-state index in [4.69, 9.17) is 4.74 Å². The van der Waals surface area contributed by atoms with Gasteiger partial charge in [0.25, 0.3) is 0 Å². The fraction of sp³-hybridized carbons (Fsp3) is 0.250. The molecule has 1 N–H and O–H groups in total. The number of ether oxygens (including phenoxy) is 1. The monoisotopic (exact) mass is 234 g/mol. The first-order valence-electron chi connectivity index (χ1n) is 5.01. The minimum absolute atomic E-state index is 0.0409. The van der Waals surface area contributed by atoms with Crippen molar-refractivity contribution >= 4 is 11.5 Å². The Balaban J connectivity index is 2.89. The number of carbonyl (C=O) groups is 1. The highest BCUT2D eigenvalue weighted by molar-refractivity contribution is 5.93. The number of aliphatic hydroxyl groups is 1. The van der Waals surface area contributed by atoms with Crippen molar-refractivity contribution in [3.8, 4) is 5.75 Å². The Kier molecular flexibility index (Phi) is 4.39. The fourth-order valence-electron chi connectivity index (χ4n) is 1.15. The van der Waals surface area contributed by atoms with Gasteiger partial charge in [0, 0.05) is 6.92 Å². The Bertz CT molecular complexity index is 457. The average molecular weight is 234 g/mol. The lowest BCUT2D eigenvalue weighted by atomic mass is 10.3. The third-order valence-corrected chi connectivity index (χ3v) is 2.01. The zero-order valence-corrected chi connectivity index (χ0v) is 9.97. The number of allylic oxidation sites excluding steroid dienone is 2. The van der Waals surface area contributed by atoms with Crippen LogP contribution in [0.4, 0.5) is 5.69 Å².